The Balaban J connectivity index is 1.82. The Morgan fingerprint density at radius 1 is 1.12 bits per heavy atom. The van der Waals surface area contributed by atoms with Crippen molar-refractivity contribution in [1.82, 2.24) is 0 Å². The molecule has 0 fully saturated rings. The van der Waals surface area contributed by atoms with E-state index < -0.39 is 11.6 Å². The van der Waals surface area contributed by atoms with E-state index in [0.717, 1.165) is 22.5 Å². The molecule has 0 spiro atoms. The number of allylic oxidation sites excluding steroid dienone is 2. The first-order valence-corrected chi connectivity index (χ1v) is 9.16. The van der Waals surface area contributed by atoms with Crippen LogP contribution in [0.2, 0.25) is 0 Å². The van der Waals surface area contributed by atoms with Gasteiger partial charge in [-0.25, -0.2) is 8.78 Å². The van der Waals surface area contributed by atoms with Crippen molar-refractivity contribution in [3.8, 4) is 11.5 Å². The zero-order valence-corrected chi connectivity index (χ0v) is 15.9. The van der Waals surface area contributed by atoms with Gasteiger partial charge >= 0.3 is 0 Å². The Hall–Kier alpha value is -2.08. The van der Waals surface area contributed by atoms with Gasteiger partial charge in [-0.1, -0.05) is 12.2 Å². The number of ether oxygens (including phenoxy) is 2. The predicted octanol–water partition coefficient (Wildman–Crippen LogP) is 5.57. The molecule has 1 N–H and O–H groups in total. The van der Waals surface area contributed by atoms with Crippen LogP contribution in [-0.2, 0) is 0 Å². The van der Waals surface area contributed by atoms with E-state index in [1.165, 1.54) is 6.07 Å². The standard InChI is InChI=1S/C20H18BrF2NO2/c1-25-17-7-10(6-15(21)20(17)26-2)18-13-5-3-4-12(13)14-8-11(22)9-16(23)19(14)24-18/h3-4,6-9,12-13,18,24H,5H2,1-2H3. The van der Waals surface area contributed by atoms with Gasteiger partial charge in [0, 0.05) is 12.0 Å². The van der Waals surface area contributed by atoms with Gasteiger partial charge in [-0.15, -0.1) is 0 Å². The van der Waals surface area contributed by atoms with Crippen LogP contribution in [0.25, 0.3) is 0 Å². The number of fused-ring (bicyclic) bond motifs is 3. The molecule has 4 rings (SSSR count). The van der Waals surface area contributed by atoms with E-state index in [1.807, 2.05) is 18.2 Å². The summed E-state index contributed by atoms with van der Waals surface area (Å²) in [6.07, 6.45) is 4.97. The van der Waals surface area contributed by atoms with Gasteiger partial charge in [-0.05, 0) is 57.6 Å². The molecule has 136 valence electrons. The second kappa shape index (κ2) is 6.58. The van der Waals surface area contributed by atoms with Gasteiger partial charge < -0.3 is 14.8 Å². The van der Waals surface area contributed by atoms with E-state index in [9.17, 15) is 8.78 Å². The third kappa shape index (κ3) is 2.67. The number of benzene rings is 2. The molecule has 1 aliphatic heterocycles. The first-order valence-electron chi connectivity index (χ1n) is 8.37. The first kappa shape index (κ1) is 17.3. The zero-order valence-electron chi connectivity index (χ0n) is 14.4. The summed E-state index contributed by atoms with van der Waals surface area (Å²) < 4.78 is 39.8. The van der Waals surface area contributed by atoms with Crippen LogP contribution in [0, 0.1) is 17.6 Å². The average Bonchev–Trinajstić information content (AvgIpc) is 3.10. The molecule has 26 heavy (non-hydrogen) atoms. The van der Waals surface area contributed by atoms with Crippen LogP contribution in [0.4, 0.5) is 14.5 Å². The Kier molecular flexibility index (Phi) is 4.39. The van der Waals surface area contributed by atoms with Gasteiger partial charge in [0.2, 0.25) is 0 Å². The summed E-state index contributed by atoms with van der Waals surface area (Å²) in [4.78, 5) is 0. The predicted molar refractivity (Wildman–Crippen MR) is 100.0 cm³/mol. The molecule has 0 aromatic heterocycles. The Morgan fingerprint density at radius 2 is 1.92 bits per heavy atom. The number of methoxy groups -OCH3 is 2. The Morgan fingerprint density at radius 3 is 2.65 bits per heavy atom. The fourth-order valence-corrected chi connectivity index (χ4v) is 4.69. The fraction of sp³-hybridized carbons (Fsp3) is 0.300. The van der Waals surface area contributed by atoms with E-state index in [2.05, 4.69) is 27.3 Å². The number of halogens is 3. The molecule has 0 amide bonds. The molecular weight excluding hydrogens is 404 g/mol. The van der Waals surface area contributed by atoms with Crippen molar-refractivity contribution in [1.29, 1.82) is 0 Å². The highest BCUT2D eigenvalue weighted by atomic mass is 79.9. The topological polar surface area (TPSA) is 30.5 Å². The Labute approximate surface area is 159 Å². The minimum atomic E-state index is -0.566. The molecule has 3 unspecified atom stereocenters. The zero-order chi connectivity index (χ0) is 18.4. The second-order valence-electron chi connectivity index (χ2n) is 6.57. The second-order valence-corrected chi connectivity index (χ2v) is 7.42. The monoisotopic (exact) mass is 421 g/mol. The van der Waals surface area contributed by atoms with Crippen LogP contribution >= 0.6 is 15.9 Å². The maximum Gasteiger partial charge on any atom is 0.174 e. The average molecular weight is 422 g/mol. The van der Waals surface area contributed by atoms with Crippen LogP contribution in [0.5, 0.6) is 11.5 Å². The summed E-state index contributed by atoms with van der Waals surface area (Å²) in [5.41, 5.74) is 2.01. The number of nitrogens with one attached hydrogen (secondary N) is 1. The number of hydrogen-bond donors (Lipinski definition) is 1. The highest BCUT2D eigenvalue weighted by molar-refractivity contribution is 9.10. The van der Waals surface area contributed by atoms with Gasteiger partial charge in [-0.2, -0.15) is 0 Å². The molecule has 0 bridgehead atoms. The van der Waals surface area contributed by atoms with E-state index in [1.54, 1.807) is 14.2 Å². The number of hydrogen-bond acceptors (Lipinski definition) is 3. The van der Waals surface area contributed by atoms with Crippen LogP contribution in [0.3, 0.4) is 0 Å². The van der Waals surface area contributed by atoms with Crippen molar-refractivity contribution in [2.45, 2.75) is 18.4 Å². The normalized spacial score (nSPS) is 23.2. The van der Waals surface area contributed by atoms with Gasteiger partial charge in [0.25, 0.3) is 0 Å². The minimum Gasteiger partial charge on any atom is -0.493 e. The minimum absolute atomic E-state index is 0.0201. The van der Waals surface area contributed by atoms with Gasteiger partial charge in [0.15, 0.2) is 11.5 Å². The summed E-state index contributed by atoms with van der Waals surface area (Å²) >= 11 is 3.52. The maximum absolute atomic E-state index is 14.4. The molecular formula is C20H18BrF2NO2. The molecule has 0 radical (unpaired) electrons. The molecule has 3 nitrogen and oxygen atoms in total. The van der Waals surface area contributed by atoms with Crippen molar-refractivity contribution < 1.29 is 18.3 Å². The quantitative estimate of drug-likeness (QED) is 0.656. The van der Waals surface area contributed by atoms with Gasteiger partial charge in [-0.3, -0.25) is 0 Å². The molecule has 2 aromatic carbocycles. The third-order valence-electron chi connectivity index (χ3n) is 5.20. The first-order chi connectivity index (χ1) is 12.5. The summed E-state index contributed by atoms with van der Waals surface area (Å²) in [5.74, 6) is 0.257. The van der Waals surface area contributed by atoms with Crippen LogP contribution < -0.4 is 14.8 Å². The third-order valence-corrected chi connectivity index (χ3v) is 5.79. The molecule has 0 saturated heterocycles. The summed E-state index contributed by atoms with van der Waals surface area (Å²) in [6, 6.07) is 6.09. The maximum atomic E-state index is 14.4. The highest BCUT2D eigenvalue weighted by Gasteiger charge is 2.39. The van der Waals surface area contributed by atoms with Gasteiger partial charge in [0.1, 0.15) is 11.6 Å². The van der Waals surface area contributed by atoms with Crippen LogP contribution in [-0.4, -0.2) is 14.2 Å². The molecule has 1 heterocycles. The highest BCUT2D eigenvalue weighted by Crippen LogP contribution is 2.52. The molecule has 2 aliphatic rings. The summed E-state index contributed by atoms with van der Waals surface area (Å²) in [7, 11) is 3.16. The van der Waals surface area contributed by atoms with E-state index in [0.29, 0.717) is 22.7 Å². The molecule has 2 aromatic rings. The molecule has 3 atom stereocenters. The summed E-state index contributed by atoms with van der Waals surface area (Å²) in [5, 5.41) is 3.30. The van der Waals surface area contributed by atoms with Crippen molar-refractivity contribution in [2.75, 3.05) is 19.5 Å². The van der Waals surface area contributed by atoms with Crippen LogP contribution in [0.15, 0.2) is 40.9 Å². The lowest BCUT2D eigenvalue weighted by atomic mass is 9.77. The van der Waals surface area contributed by atoms with E-state index in [4.69, 9.17) is 9.47 Å². The molecule has 0 saturated carbocycles. The molecule has 1 aliphatic carbocycles. The van der Waals surface area contributed by atoms with E-state index in [-0.39, 0.29) is 17.9 Å². The van der Waals surface area contributed by atoms with Gasteiger partial charge in [0.05, 0.1) is 30.4 Å². The van der Waals surface area contributed by atoms with Crippen molar-refractivity contribution in [3.63, 3.8) is 0 Å². The lowest BCUT2D eigenvalue weighted by Crippen LogP contribution is -2.30. The Bertz CT molecular complexity index is 900. The lowest BCUT2D eigenvalue weighted by molar-refractivity contribution is 0.350. The largest absolute Gasteiger partial charge is 0.493 e. The number of rotatable bonds is 3. The molecule has 6 heteroatoms. The SMILES string of the molecule is COc1cc(C2Nc3c(F)cc(F)cc3C3C=CCC32)cc(Br)c1OC. The summed E-state index contributed by atoms with van der Waals surface area (Å²) in [6.45, 7) is 0. The fourth-order valence-electron chi connectivity index (χ4n) is 4.07. The van der Waals surface area contributed by atoms with Crippen molar-refractivity contribution >= 4 is 21.6 Å². The van der Waals surface area contributed by atoms with E-state index >= 15 is 0 Å². The smallest absolute Gasteiger partial charge is 0.174 e. The van der Waals surface area contributed by atoms with Crippen molar-refractivity contribution in [3.05, 3.63) is 63.7 Å². The van der Waals surface area contributed by atoms with Crippen LogP contribution in [0.1, 0.15) is 29.5 Å². The van der Waals surface area contributed by atoms with Crippen molar-refractivity contribution in [2.24, 2.45) is 5.92 Å². The lowest BCUT2D eigenvalue weighted by Gasteiger charge is -2.38. The number of anilines is 1.